The van der Waals surface area contributed by atoms with E-state index in [0.29, 0.717) is 22.9 Å². The minimum atomic E-state index is -4.14. The molecule has 1 aromatic heterocycles. The first-order chi connectivity index (χ1) is 18.1. The maximum Gasteiger partial charge on any atom is 0.246 e. The molecule has 0 spiro atoms. The Hall–Kier alpha value is -4.58. The number of nitrogens with two attached hydrogens (primary N) is 1. The quantitative estimate of drug-likeness (QED) is 0.289. The van der Waals surface area contributed by atoms with Gasteiger partial charge in [-0.05, 0) is 55.5 Å². The fourth-order valence-corrected chi connectivity index (χ4v) is 5.14. The number of amides is 1. The molecule has 0 aliphatic carbocycles. The highest BCUT2D eigenvalue weighted by Gasteiger charge is 2.30. The number of ether oxygens (including phenoxy) is 2. The number of anilines is 4. The van der Waals surface area contributed by atoms with Gasteiger partial charge in [0, 0.05) is 17.4 Å². The van der Waals surface area contributed by atoms with Gasteiger partial charge in [-0.25, -0.2) is 17.5 Å². The Balaban J connectivity index is 1.69. The number of nitrogens with one attached hydrogen (secondary N) is 2. The average molecular weight is 540 g/mol. The van der Waals surface area contributed by atoms with Gasteiger partial charge >= 0.3 is 0 Å². The predicted octanol–water partition coefficient (Wildman–Crippen LogP) is 4.15. The first-order valence-electron chi connectivity index (χ1n) is 11.3. The molecule has 38 heavy (non-hydrogen) atoms. The number of hydrogen-bond donors (Lipinski definition) is 3. The summed E-state index contributed by atoms with van der Waals surface area (Å²) in [4.78, 5) is 12.6. The Morgan fingerprint density at radius 1 is 0.974 bits per heavy atom. The van der Waals surface area contributed by atoms with Crippen molar-refractivity contribution in [3.05, 3.63) is 78.1 Å². The van der Waals surface area contributed by atoms with Crippen molar-refractivity contribution >= 4 is 38.8 Å². The van der Waals surface area contributed by atoms with Gasteiger partial charge in [0.25, 0.3) is 0 Å². The molecule has 0 saturated carbocycles. The van der Waals surface area contributed by atoms with Crippen molar-refractivity contribution < 1.29 is 27.1 Å². The summed E-state index contributed by atoms with van der Waals surface area (Å²) in [5.41, 5.74) is 7.95. The van der Waals surface area contributed by atoms with Crippen LogP contribution >= 0.6 is 0 Å². The Bertz CT molecular complexity index is 1570. The number of aryl methyl sites for hydroxylation is 1. The standard InChI is InChI=1S/C26H26FN5O5S/c1-16-4-11-20(12-5-16)38(34,35)24-25(28)32(31-26(24)30-18-8-6-17(27)7-9-18)15-23(33)29-19-10-13-21(36-2)22(14-19)37-3/h4-14H,15,28H2,1-3H3,(H,29,33)(H,30,31). The van der Waals surface area contributed by atoms with Gasteiger partial charge < -0.3 is 25.8 Å². The molecule has 0 aliphatic heterocycles. The van der Waals surface area contributed by atoms with Crippen LogP contribution in [0.25, 0.3) is 0 Å². The first-order valence-corrected chi connectivity index (χ1v) is 12.8. The Labute approximate surface area is 219 Å². The molecule has 0 unspecified atom stereocenters. The topological polar surface area (TPSA) is 138 Å². The molecule has 3 aromatic carbocycles. The van der Waals surface area contributed by atoms with E-state index in [9.17, 15) is 17.6 Å². The molecule has 4 N–H and O–H groups in total. The van der Waals surface area contributed by atoms with Gasteiger partial charge in [0.05, 0.1) is 19.1 Å². The van der Waals surface area contributed by atoms with Crippen LogP contribution in [0.15, 0.2) is 76.5 Å². The van der Waals surface area contributed by atoms with E-state index in [0.717, 1.165) is 10.2 Å². The SMILES string of the molecule is COc1ccc(NC(=O)Cn2nc(Nc3ccc(F)cc3)c(S(=O)(=O)c3ccc(C)cc3)c2N)cc1OC. The lowest BCUT2D eigenvalue weighted by Crippen LogP contribution is -2.21. The zero-order valence-corrected chi connectivity index (χ0v) is 21.7. The number of methoxy groups -OCH3 is 2. The Kier molecular flexibility index (Phi) is 7.53. The van der Waals surface area contributed by atoms with Gasteiger partial charge in [0.15, 0.2) is 22.2 Å². The summed E-state index contributed by atoms with van der Waals surface area (Å²) in [5, 5.41) is 9.86. The van der Waals surface area contributed by atoms with Crippen LogP contribution in [0.3, 0.4) is 0 Å². The van der Waals surface area contributed by atoms with Crippen molar-refractivity contribution in [1.29, 1.82) is 0 Å². The highest BCUT2D eigenvalue weighted by molar-refractivity contribution is 7.91. The highest BCUT2D eigenvalue weighted by Crippen LogP contribution is 2.35. The van der Waals surface area contributed by atoms with E-state index in [-0.39, 0.29) is 28.0 Å². The van der Waals surface area contributed by atoms with Crippen molar-refractivity contribution in [2.75, 3.05) is 30.6 Å². The van der Waals surface area contributed by atoms with E-state index < -0.39 is 21.6 Å². The van der Waals surface area contributed by atoms with Crippen molar-refractivity contribution in [1.82, 2.24) is 9.78 Å². The largest absolute Gasteiger partial charge is 0.493 e. The second-order valence-electron chi connectivity index (χ2n) is 8.29. The van der Waals surface area contributed by atoms with E-state index in [1.165, 1.54) is 50.6 Å². The van der Waals surface area contributed by atoms with Crippen LogP contribution in [0.2, 0.25) is 0 Å². The van der Waals surface area contributed by atoms with Crippen LogP contribution < -0.4 is 25.8 Å². The van der Waals surface area contributed by atoms with Crippen LogP contribution in [0.5, 0.6) is 11.5 Å². The number of hydrogen-bond acceptors (Lipinski definition) is 8. The smallest absolute Gasteiger partial charge is 0.246 e. The fourth-order valence-electron chi connectivity index (χ4n) is 3.68. The number of carbonyl (C=O) groups excluding carboxylic acids is 1. The summed E-state index contributed by atoms with van der Waals surface area (Å²) in [5.74, 6) is -0.407. The third-order valence-corrected chi connectivity index (χ3v) is 7.45. The van der Waals surface area contributed by atoms with E-state index in [2.05, 4.69) is 15.7 Å². The summed E-state index contributed by atoms with van der Waals surface area (Å²) >= 11 is 0. The molecule has 198 valence electrons. The highest BCUT2D eigenvalue weighted by atomic mass is 32.2. The third kappa shape index (κ3) is 5.54. The molecule has 0 atom stereocenters. The number of rotatable bonds is 9. The second kappa shape index (κ2) is 10.8. The molecule has 10 nitrogen and oxygen atoms in total. The molecule has 0 radical (unpaired) electrons. The molecule has 0 saturated heterocycles. The molecule has 0 bridgehead atoms. The average Bonchev–Trinajstić information content (AvgIpc) is 3.20. The van der Waals surface area contributed by atoms with Crippen LogP contribution in [0.1, 0.15) is 5.56 Å². The molecule has 0 fully saturated rings. The van der Waals surface area contributed by atoms with Crippen LogP contribution in [-0.2, 0) is 21.2 Å². The Morgan fingerprint density at radius 2 is 1.61 bits per heavy atom. The molecule has 4 aromatic rings. The number of nitrogens with zero attached hydrogens (tertiary/aromatic N) is 2. The van der Waals surface area contributed by atoms with Gasteiger partial charge in [-0.2, -0.15) is 5.10 Å². The summed E-state index contributed by atoms with van der Waals surface area (Å²) in [7, 11) is -1.17. The van der Waals surface area contributed by atoms with Crippen LogP contribution in [0.4, 0.5) is 27.4 Å². The van der Waals surface area contributed by atoms with Gasteiger partial charge in [0.1, 0.15) is 18.2 Å². The number of halogens is 1. The van der Waals surface area contributed by atoms with Crippen molar-refractivity contribution in [3.8, 4) is 11.5 Å². The number of aromatic nitrogens is 2. The molecule has 1 heterocycles. The van der Waals surface area contributed by atoms with Gasteiger partial charge in [0.2, 0.25) is 15.7 Å². The number of nitrogen functional groups attached to an aromatic ring is 1. The van der Waals surface area contributed by atoms with E-state index in [1.807, 2.05) is 6.92 Å². The molecule has 0 aliphatic rings. The summed E-state index contributed by atoms with van der Waals surface area (Å²) in [6.07, 6.45) is 0. The molecule has 12 heteroatoms. The lowest BCUT2D eigenvalue weighted by molar-refractivity contribution is -0.116. The molecule has 1 amide bonds. The third-order valence-electron chi connectivity index (χ3n) is 5.61. The lowest BCUT2D eigenvalue weighted by atomic mass is 10.2. The minimum Gasteiger partial charge on any atom is -0.493 e. The molecular weight excluding hydrogens is 513 g/mol. The Morgan fingerprint density at radius 3 is 2.24 bits per heavy atom. The first kappa shape index (κ1) is 26.5. The fraction of sp³-hybridized carbons (Fsp3) is 0.154. The monoisotopic (exact) mass is 539 g/mol. The number of benzene rings is 3. The number of sulfone groups is 1. The molecular formula is C26H26FN5O5S. The van der Waals surface area contributed by atoms with Crippen molar-refractivity contribution in [3.63, 3.8) is 0 Å². The second-order valence-corrected chi connectivity index (χ2v) is 10.2. The van der Waals surface area contributed by atoms with E-state index in [4.69, 9.17) is 15.2 Å². The zero-order chi connectivity index (χ0) is 27.4. The van der Waals surface area contributed by atoms with E-state index >= 15 is 0 Å². The normalized spacial score (nSPS) is 11.2. The minimum absolute atomic E-state index is 0.00582. The molecule has 4 rings (SSSR count). The van der Waals surface area contributed by atoms with Crippen molar-refractivity contribution in [2.45, 2.75) is 23.3 Å². The van der Waals surface area contributed by atoms with Crippen molar-refractivity contribution in [2.24, 2.45) is 0 Å². The van der Waals surface area contributed by atoms with Crippen LogP contribution in [0, 0.1) is 12.7 Å². The maximum absolute atomic E-state index is 13.6. The zero-order valence-electron chi connectivity index (χ0n) is 20.9. The van der Waals surface area contributed by atoms with Gasteiger partial charge in [-0.15, -0.1) is 0 Å². The maximum atomic E-state index is 13.6. The van der Waals surface area contributed by atoms with Gasteiger partial charge in [-0.3, -0.25) is 4.79 Å². The summed E-state index contributed by atoms with van der Waals surface area (Å²) in [6, 6.07) is 16.4. The van der Waals surface area contributed by atoms with Crippen LogP contribution in [-0.4, -0.2) is 38.3 Å². The lowest BCUT2D eigenvalue weighted by Gasteiger charge is -2.11. The van der Waals surface area contributed by atoms with Gasteiger partial charge in [-0.1, -0.05) is 17.7 Å². The summed E-state index contributed by atoms with van der Waals surface area (Å²) < 4.78 is 52.1. The predicted molar refractivity (Wildman–Crippen MR) is 141 cm³/mol. The number of carbonyl (C=O) groups is 1. The van der Waals surface area contributed by atoms with E-state index in [1.54, 1.807) is 30.3 Å². The summed E-state index contributed by atoms with van der Waals surface area (Å²) in [6.45, 7) is 1.45.